The van der Waals surface area contributed by atoms with Crippen molar-refractivity contribution in [2.75, 3.05) is 10.6 Å². The van der Waals surface area contributed by atoms with Gasteiger partial charge in [-0.05, 0) is 61.0 Å². The summed E-state index contributed by atoms with van der Waals surface area (Å²) in [4.78, 5) is 40.8. The number of nitrogens with one attached hydrogen (secondary N) is 2. The molecule has 0 bridgehead atoms. The number of carbonyl (C=O) groups is 2. The van der Waals surface area contributed by atoms with E-state index < -0.39 is 5.25 Å². The standard InChI is InChI=1S/C32H26Cl2N4O3S/c1-20-28(32(41)38(37(20)2)24-13-7-4-8-14-24)36-31(40)29(21-10-5-3-6-11-21)42-25-15-9-12-23(19-25)35-30(39)26-17-16-22(33)18-27(26)34/h3-19,29H,1-2H3,(H,35,39)(H,36,40). The van der Waals surface area contributed by atoms with E-state index in [0.717, 1.165) is 10.5 Å². The number of rotatable bonds is 8. The van der Waals surface area contributed by atoms with Crippen LogP contribution in [0.2, 0.25) is 10.0 Å². The molecule has 1 aromatic heterocycles. The van der Waals surface area contributed by atoms with Gasteiger partial charge in [-0.15, -0.1) is 11.8 Å². The second-order valence-corrected chi connectivity index (χ2v) is 11.5. The van der Waals surface area contributed by atoms with E-state index in [1.807, 2.05) is 66.7 Å². The highest BCUT2D eigenvalue weighted by atomic mass is 35.5. The quantitative estimate of drug-likeness (QED) is 0.177. The van der Waals surface area contributed by atoms with E-state index in [2.05, 4.69) is 10.6 Å². The number of anilines is 2. The summed E-state index contributed by atoms with van der Waals surface area (Å²) in [5.74, 6) is -0.731. The first kappa shape index (κ1) is 29.3. The first-order chi connectivity index (χ1) is 20.2. The van der Waals surface area contributed by atoms with E-state index in [4.69, 9.17) is 23.2 Å². The molecule has 0 saturated heterocycles. The summed E-state index contributed by atoms with van der Waals surface area (Å²) in [5.41, 5.74) is 2.80. The molecule has 0 radical (unpaired) electrons. The maximum Gasteiger partial charge on any atom is 0.295 e. The Morgan fingerprint density at radius 3 is 2.21 bits per heavy atom. The smallest absolute Gasteiger partial charge is 0.295 e. The number of para-hydroxylation sites is 1. The maximum absolute atomic E-state index is 13.8. The number of carbonyl (C=O) groups excluding carboxylic acids is 2. The Labute approximate surface area is 257 Å². The third-order valence-electron chi connectivity index (χ3n) is 6.66. The van der Waals surface area contributed by atoms with Crippen molar-refractivity contribution in [1.29, 1.82) is 0 Å². The van der Waals surface area contributed by atoms with Crippen LogP contribution in [0.15, 0.2) is 113 Å². The minimum atomic E-state index is -0.688. The van der Waals surface area contributed by atoms with Crippen LogP contribution in [-0.2, 0) is 11.8 Å². The molecule has 2 amide bonds. The molecule has 1 atom stereocenters. The molecule has 0 aliphatic heterocycles. The fourth-order valence-electron chi connectivity index (χ4n) is 4.46. The van der Waals surface area contributed by atoms with Gasteiger partial charge in [0, 0.05) is 22.7 Å². The Hall–Kier alpha value is -4.24. The second kappa shape index (κ2) is 12.7. The third kappa shape index (κ3) is 6.31. The molecule has 1 heterocycles. The predicted molar refractivity (Wildman–Crippen MR) is 170 cm³/mol. The summed E-state index contributed by atoms with van der Waals surface area (Å²) in [6, 6.07) is 30.4. The lowest BCUT2D eigenvalue weighted by Gasteiger charge is -2.17. The van der Waals surface area contributed by atoms with Crippen molar-refractivity contribution in [3.8, 4) is 5.69 Å². The average Bonchev–Trinajstić information content (AvgIpc) is 3.19. The van der Waals surface area contributed by atoms with Gasteiger partial charge in [0.05, 0.1) is 22.0 Å². The topological polar surface area (TPSA) is 85.1 Å². The van der Waals surface area contributed by atoms with Crippen molar-refractivity contribution >= 4 is 58.2 Å². The summed E-state index contributed by atoms with van der Waals surface area (Å²) in [5, 5.41) is 5.74. The van der Waals surface area contributed by atoms with Gasteiger partial charge in [0.15, 0.2) is 0 Å². The van der Waals surface area contributed by atoms with E-state index >= 15 is 0 Å². The minimum absolute atomic E-state index is 0.216. The molecule has 0 aliphatic rings. The van der Waals surface area contributed by atoms with E-state index in [0.29, 0.717) is 27.7 Å². The highest BCUT2D eigenvalue weighted by molar-refractivity contribution is 8.00. The van der Waals surface area contributed by atoms with Gasteiger partial charge in [0.1, 0.15) is 10.9 Å². The Bertz CT molecular complexity index is 1820. The Kier molecular flexibility index (Phi) is 8.87. The number of halogens is 2. The van der Waals surface area contributed by atoms with E-state index in [9.17, 15) is 14.4 Å². The Morgan fingerprint density at radius 2 is 1.52 bits per heavy atom. The van der Waals surface area contributed by atoms with E-state index in [-0.39, 0.29) is 28.1 Å². The fourth-order valence-corrected chi connectivity index (χ4v) is 6.03. The lowest BCUT2D eigenvalue weighted by Crippen LogP contribution is -2.25. The van der Waals surface area contributed by atoms with Crippen LogP contribution in [0.25, 0.3) is 5.69 Å². The fraction of sp³-hybridized carbons (Fsp3) is 0.0938. The molecule has 212 valence electrons. The maximum atomic E-state index is 13.8. The van der Waals surface area contributed by atoms with Gasteiger partial charge in [0.25, 0.3) is 11.5 Å². The molecule has 5 aromatic rings. The van der Waals surface area contributed by atoms with Crippen LogP contribution in [0, 0.1) is 6.92 Å². The third-order valence-corrected chi connectivity index (χ3v) is 8.46. The largest absolute Gasteiger partial charge is 0.322 e. The molecule has 2 N–H and O–H groups in total. The number of thioether (sulfide) groups is 1. The van der Waals surface area contributed by atoms with Crippen LogP contribution < -0.4 is 16.2 Å². The first-order valence-corrected chi connectivity index (χ1v) is 14.6. The van der Waals surface area contributed by atoms with Crippen LogP contribution in [0.4, 0.5) is 11.4 Å². The van der Waals surface area contributed by atoms with Gasteiger partial charge in [0.2, 0.25) is 5.91 Å². The van der Waals surface area contributed by atoms with Gasteiger partial charge < -0.3 is 10.6 Å². The highest BCUT2D eigenvalue weighted by Crippen LogP contribution is 2.37. The van der Waals surface area contributed by atoms with E-state index in [1.165, 1.54) is 22.5 Å². The summed E-state index contributed by atoms with van der Waals surface area (Å²) >= 11 is 13.5. The van der Waals surface area contributed by atoms with Gasteiger partial charge in [-0.1, -0.05) is 77.8 Å². The molecule has 1 unspecified atom stereocenters. The lowest BCUT2D eigenvalue weighted by atomic mass is 10.1. The minimum Gasteiger partial charge on any atom is -0.322 e. The zero-order valence-electron chi connectivity index (χ0n) is 22.7. The monoisotopic (exact) mass is 616 g/mol. The molecule has 7 nitrogen and oxygen atoms in total. The van der Waals surface area contributed by atoms with E-state index in [1.54, 1.807) is 49.0 Å². The number of amides is 2. The Morgan fingerprint density at radius 1 is 0.833 bits per heavy atom. The molecule has 4 aromatic carbocycles. The van der Waals surface area contributed by atoms with Crippen LogP contribution in [0.3, 0.4) is 0 Å². The molecule has 5 rings (SSSR count). The zero-order valence-corrected chi connectivity index (χ0v) is 25.0. The van der Waals surface area contributed by atoms with Crippen molar-refractivity contribution in [2.45, 2.75) is 17.1 Å². The van der Waals surface area contributed by atoms with Crippen LogP contribution in [0.5, 0.6) is 0 Å². The van der Waals surface area contributed by atoms with Crippen molar-refractivity contribution in [3.05, 3.63) is 140 Å². The van der Waals surface area contributed by atoms with Gasteiger partial charge in [-0.25, -0.2) is 4.68 Å². The zero-order chi connectivity index (χ0) is 29.8. The van der Waals surface area contributed by atoms with Crippen LogP contribution in [-0.4, -0.2) is 21.2 Å². The summed E-state index contributed by atoms with van der Waals surface area (Å²) < 4.78 is 3.24. The lowest BCUT2D eigenvalue weighted by molar-refractivity contribution is -0.115. The van der Waals surface area contributed by atoms with Gasteiger partial charge in [-0.3, -0.25) is 19.1 Å². The number of aromatic nitrogens is 2. The molecule has 0 spiro atoms. The normalized spacial score (nSPS) is 11.6. The van der Waals surface area contributed by atoms with Crippen molar-refractivity contribution in [2.24, 2.45) is 7.05 Å². The first-order valence-electron chi connectivity index (χ1n) is 13.0. The van der Waals surface area contributed by atoms with Gasteiger partial charge in [-0.2, -0.15) is 0 Å². The molecular weight excluding hydrogens is 591 g/mol. The molecule has 0 saturated carbocycles. The molecule has 10 heteroatoms. The highest BCUT2D eigenvalue weighted by Gasteiger charge is 2.26. The summed E-state index contributed by atoms with van der Waals surface area (Å²) in [6.07, 6.45) is 0. The number of nitrogens with zero attached hydrogens (tertiary/aromatic N) is 2. The molecular formula is C32H26Cl2N4O3S. The molecule has 0 aliphatic carbocycles. The van der Waals surface area contributed by atoms with Crippen LogP contribution >= 0.6 is 35.0 Å². The number of benzene rings is 4. The number of hydrogen-bond donors (Lipinski definition) is 2. The van der Waals surface area contributed by atoms with Crippen molar-refractivity contribution < 1.29 is 9.59 Å². The summed E-state index contributed by atoms with van der Waals surface area (Å²) in [6.45, 7) is 1.79. The Balaban J connectivity index is 1.41. The average molecular weight is 618 g/mol. The van der Waals surface area contributed by atoms with Crippen molar-refractivity contribution in [3.63, 3.8) is 0 Å². The summed E-state index contributed by atoms with van der Waals surface area (Å²) in [7, 11) is 1.78. The molecule has 42 heavy (non-hydrogen) atoms. The number of hydrogen-bond acceptors (Lipinski definition) is 4. The second-order valence-electron chi connectivity index (χ2n) is 9.44. The van der Waals surface area contributed by atoms with Gasteiger partial charge >= 0.3 is 0 Å². The van der Waals surface area contributed by atoms with Crippen LogP contribution in [0.1, 0.15) is 26.9 Å². The predicted octanol–water partition coefficient (Wildman–Crippen LogP) is 7.52. The van der Waals surface area contributed by atoms with Crippen molar-refractivity contribution in [1.82, 2.24) is 9.36 Å². The molecule has 0 fully saturated rings. The SMILES string of the molecule is Cc1c(NC(=O)C(Sc2cccc(NC(=O)c3ccc(Cl)cc3Cl)c2)c2ccccc2)c(=O)n(-c2ccccc2)n1C.